The summed E-state index contributed by atoms with van der Waals surface area (Å²) in [5, 5.41) is 14.4. The van der Waals surface area contributed by atoms with Crippen LogP contribution < -0.4 is 10.6 Å². The number of thioether (sulfide) groups is 1. The number of nitrogens with one attached hydrogen (secondary N) is 2. The van der Waals surface area contributed by atoms with E-state index < -0.39 is 12.0 Å². The van der Waals surface area contributed by atoms with Crippen LogP contribution in [0.25, 0.3) is 0 Å². The monoisotopic (exact) mass is 506 g/mol. The Morgan fingerprint density at radius 2 is 1.89 bits per heavy atom. The van der Waals surface area contributed by atoms with E-state index in [-0.39, 0.29) is 57.1 Å². The molecule has 1 aromatic carbocycles. The summed E-state index contributed by atoms with van der Waals surface area (Å²) in [6.07, 6.45) is 4.36. The molecule has 0 spiro atoms. The van der Waals surface area contributed by atoms with E-state index in [2.05, 4.69) is 23.8 Å². The topological polar surface area (TPSA) is 114 Å². The number of ether oxygens (including phenoxy) is 2. The third kappa shape index (κ3) is 15.1. The molecule has 1 aromatic rings. The third-order valence-corrected chi connectivity index (χ3v) is 6.01. The zero-order valence-electron chi connectivity index (χ0n) is 20.3. The number of benzene rings is 1. The van der Waals surface area contributed by atoms with Gasteiger partial charge in [0.1, 0.15) is 6.61 Å². The van der Waals surface area contributed by atoms with Crippen LogP contribution in [0.1, 0.15) is 31.2 Å². The average molecular weight is 507 g/mol. The number of rotatable bonds is 20. The van der Waals surface area contributed by atoms with E-state index in [9.17, 15) is 14.4 Å². The highest BCUT2D eigenvalue weighted by molar-refractivity contribution is 7.98. The minimum Gasteiger partial charge on any atom is -0.463 e. The second-order valence-corrected chi connectivity index (χ2v) is 8.86. The van der Waals surface area contributed by atoms with Gasteiger partial charge in [-0.25, -0.2) is 0 Å². The maximum absolute atomic E-state index is 13.0. The van der Waals surface area contributed by atoms with E-state index in [4.69, 9.17) is 14.6 Å². The number of allylic oxidation sites excluding steroid dienone is 2. The first kappa shape index (κ1) is 30.4. The molecule has 8 nitrogen and oxygen atoms in total. The van der Waals surface area contributed by atoms with Crippen LogP contribution in [0.15, 0.2) is 55.6 Å². The summed E-state index contributed by atoms with van der Waals surface area (Å²) in [5.74, 6) is -0.194. The molecule has 0 aromatic heterocycles. The zero-order valence-corrected chi connectivity index (χ0v) is 21.1. The van der Waals surface area contributed by atoms with Gasteiger partial charge in [-0.2, -0.15) is 11.8 Å². The first-order chi connectivity index (χ1) is 17.0. The van der Waals surface area contributed by atoms with Gasteiger partial charge in [0.25, 0.3) is 0 Å². The van der Waals surface area contributed by atoms with Crippen molar-refractivity contribution < 1.29 is 29.0 Å². The molecule has 0 aliphatic heterocycles. The SMILES string of the molecule is C=CCCC(=O)OCC(CSCc1ccccc1)NC(=O)C(CC=C)CC(=O)NCCOCCO. The van der Waals surface area contributed by atoms with Crippen molar-refractivity contribution >= 4 is 29.5 Å². The van der Waals surface area contributed by atoms with Crippen molar-refractivity contribution in [2.75, 3.05) is 38.7 Å². The quantitative estimate of drug-likeness (QED) is 0.142. The molecule has 0 bridgehead atoms. The highest BCUT2D eigenvalue weighted by Gasteiger charge is 2.24. The molecule has 35 heavy (non-hydrogen) atoms. The number of aliphatic hydroxyl groups excluding tert-OH is 1. The highest BCUT2D eigenvalue weighted by Crippen LogP contribution is 2.15. The van der Waals surface area contributed by atoms with Crippen LogP contribution in [0.3, 0.4) is 0 Å². The maximum atomic E-state index is 13.0. The van der Waals surface area contributed by atoms with Crippen molar-refractivity contribution in [2.24, 2.45) is 5.92 Å². The number of amides is 2. The van der Waals surface area contributed by atoms with Crippen LogP contribution in [0.5, 0.6) is 0 Å². The molecular weight excluding hydrogens is 468 g/mol. The van der Waals surface area contributed by atoms with Crippen molar-refractivity contribution in [3.8, 4) is 0 Å². The lowest BCUT2D eigenvalue weighted by molar-refractivity contribution is -0.145. The molecule has 0 saturated heterocycles. The van der Waals surface area contributed by atoms with Gasteiger partial charge in [0.2, 0.25) is 11.8 Å². The predicted molar refractivity (Wildman–Crippen MR) is 139 cm³/mol. The number of aliphatic hydroxyl groups is 1. The molecule has 0 saturated carbocycles. The first-order valence-electron chi connectivity index (χ1n) is 11.7. The lowest BCUT2D eigenvalue weighted by Gasteiger charge is -2.22. The summed E-state index contributed by atoms with van der Waals surface area (Å²) < 4.78 is 10.5. The number of hydrogen-bond acceptors (Lipinski definition) is 7. The fourth-order valence-electron chi connectivity index (χ4n) is 3.04. The van der Waals surface area contributed by atoms with E-state index in [1.165, 1.54) is 0 Å². The third-order valence-electron chi connectivity index (χ3n) is 4.83. The normalized spacial score (nSPS) is 12.3. The molecule has 2 atom stereocenters. The van der Waals surface area contributed by atoms with Crippen LogP contribution in [0.2, 0.25) is 0 Å². The zero-order chi connectivity index (χ0) is 25.7. The second-order valence-electron chi connectivity index (χ2n) is 7.83. The fourth-order valence-corrected chi connectivity index (χ4v) is 4.05. The summed E-state index contributed by atoms with van der Waals surface area (Å²) in [6, 6.07) is 9.57. The van der Waals surface area contributed by atoms with E-state index in [0.717, 1.165) is 11.3 Å². The summed E-state index contributed by atoms with van der Waals surface area (Å²) in [4.78, 5) is 37.2. The molecule has 2 unspecified atom stereocenters. The van der Waals surface area contributed by atoms with Gasteiger partial charge in [-0.1, -0.05) is 42.5 Å². The molecule has 2 amide bonds. The minimum atomic E-state index is -0.594. The lowest BCUT2D eigenvalue weighted by atomic mass is 9.99. The molecule has 1 rings (SSSR count). The molecule has 9 heteroatoms. The molecule has 3 N–H and O–H groups in total. The standard InChI is InChI=1S/C26H38N2O6S/c1-3-5-12-25(31)34-18-23(20-35-19-21-10-7-6-8-11-21)28-26(32)22(9-4-2)17-24(30)27-13-15-33-16-14-29/h3-4,6-8,10-11,22-23,29H,1-2,5,9,12-20H2,(H,27,30)(H,28,32). The van der Waals surface area contributed by atoms with Crippen molar-refractivity contribution in [2.45, 2.75) is 37.5 Å². The molecule has 0 fully saturated rings. The summed E-state index contributed by atoms with van der Waals surface area (Å²) in [6.45, 7) is 8.06. The van der Waals surface area contributed by atoms with Gasteiger partial charge >= 0.3 is 5.97 Å². The van der Waals surface area contributed by atoms with Crippen LogP contribution in [-0.4, -0.2) is 67.7 Å². The van der Waals surface area contributed by atoms with Crippen molar-refractivity contribution in [1.29, 1.82) is 0 Å². The number of carbonyl (C=O) groups is 3. The Bertz CT molecular complexity index is 774. The molecule has 194 valence electrons. The van der Waals surface area contributed by atoms with Gasteiger partial charge in [0.15, 0.2) is 0 Å². The average Bonchev–Trinajstić information content (AvgIpc) is 2.86. The Morgan fingerprint density at radius 3 is 2.57 bits per heavy atom. The summed E-state index contributed by atoms with van der Waals surface area (Å²) in [7, 11) is 0. The minimum absolute atomic E-state index is 0.000847. The molecule has 0 radical (unpaired) electrons. The van der Waals surface area contributed by atoms with Crippen LogP contribution in [0.4, 0.5) is 0 Å². The second kappa shape index (κ2) is 19.7. The number of esters is 1. The van der Waals surface area contributed by atoms with Crippen LogP contribution in [-0.2, 0) is 29.6 Å². The van der Waals surface area contributed by atoms with E-state index >= 15 is 0 Å². The van der Waals surface area contributed by atoms with Crippen molar-refractivity contribution in [3.05, 3.63) is 61.2 Å². The van der Waals surface area contributed by atoms with Crippen molar-refractivity contribution in [3.63, 3.8) is 0 Å². The predicted octanol–water partition coefficient (Wildman–Crippen LogP) is 2.62. The van der Waals surface area contributed by atoms with Crippen molar-refractivity contribution in [1.82, 2.24) is 10.6 Å². The Hall–Kier alpha value is -2.62. The smallest absolute Gasteiger partial charge is 0.306 e. The Kier molecular flexibility index (Phi) is 17.1. The summed E-state index contributed by atoms with van der Waals surface area (Å²) in [5.41, 5.74) is 1.16. The van der Waals surface area contributed by atoms with Crippen LogP contribution >= 0.6 is 11.8 Å². The molecular formula is C26H38N2O6S. The van der Waals surface area contributed by atoms with Gasteiger partial charge in [0, 0.05) is 30.9 Å². The lowest BCUT2D eigenvalue weighted by Crippen LogP contribution is -2.44. The number of hydrogen-bond donors (Lipinski definition) is 3. The Balaban J connectivity index is 2.65. The van der Waals surface area contributed by atoms with E-state index in [0.29, 0.717) is 25.1 Å². The fraction of sp³-hybridized carbons (Fsp3) is 0.500. The first-order valence-corrected chi connectivity index (χ1v) is 12.9. The number of carbonyl (C=O) groups excluding carboxylic acids is 3. The van der Waals surface area contributed by atoms with Crippen LogP contribution in [0, 0.1) is 5.92 Å². The van der Waals surface area contributed by atoms with E-state index in [1.54, 1.807) is 23.9 Å². The van der Waals surface area contributed by atoms with E-state index in [1.807, 2.05) is 30.3 Å². The van der Waals surface area contributed by atoms with Gasteiger partial charge in [-0.3, -0.25) is 14.4 Å². The largest absolute Gasteiger partial charge is 0.463 e. The molecule has 0 heterocycles. The van der Waals surface area contributed by atoms with Gasteiger partial charge in [-0.15, -0.1) is 13.2 Å². The highest BCUT2D eigenvalue weighted by atomic mass is 32.2. The summed E-state index contributed by atoms with van der Waals surface area (Å²) >= 11 is 1.63. The molecule has 0 aliphatic carbocycles. The van der Waals surface area contributed by atoms with Gasteiger partial charge < -0.3 is 25.2 Å². The molecule has 0 aliphatic rings. The Labute approximate surface area is 212 Å². The van der Waals surface area contributed by atoms with Gasteiger partial charge in [-0.05, 0) is 18.4 Å². The maximum Gasteiger partial charge on any atom is 0.306 e. The van der Waals surface area contributed by atoms with Gasteiger partial charge in [0.05, 0.1) is 31.8 Å². The Morgan fingerprint density at radius 1 is 1.11 bits per heavy atom.